The van der Waals surface area contributed by atoms with Gasteiger partial charge >= 0.3 is 0 Å². The van der Waals surface area contributed by atoms with Gasteiger partial charge in [-0.2, -0.15) is 0 Å². The Morgan fingerprint density at radius 3 is 2.74 bits per heavy atom. The highest BCUT2D eigenvalue weighted by Crippen LogP contribution is 2.14. The van der Waals surface area contributed by atoms with Crippen molar-refractivity contribution in [1.29, 1.82) is 0 Å². The summed E-state index contributed by atoms with van der Waals surface area (Å²) < 4.78 is 0. The second kappa shape index (κ2) is 10.1. The first-order chi connectivity index (χ1) is 8.61. The maximum absolute atomic E-state index is 11.7. The summed E-state index contributed by atoms with van der Waals surface area (Å²) in [6.45, 7) is 3.99. The van der Waals surface area contributed by atoms with Gasteiger partial charge in [-0.1, -0.05) is 31.0 Å². The molecule has 0 heterocycles. The van der Waals surface area contributed by atoms with Crippen molar-refractivity contribution >= 4 is 35.6 Å². The maximum Gasteiger partial charge on any atom is 0.225 e. The Kier molecular flexibility index (Phi) is 9.66. The molecule has 0 unspecified atom stereocenters. The molecule has 5 heteroatoms. The first-order valence-electron chi connectivity index (χ1n) is 6.35. The summed E-state index contributed by atoms with van der Waals surface area (Å²) in [6, 6.07) is 7.20. The van der Waals surface area contributed by atoms with Crippen LogP contribution in [0.3, 0.4) is 0 Å². The molecule has 0 aliphatic carbocycles. The van der Waals surface area contributed by atoms with Crippen LogP contribution in [-0.2, 0) is 4.79 Å². The van der Waals surface area contributed by atoms with Gasteiger partial charge in [-0.3, -0.25) is 4.79 Å². The molecule has 19 heavy (non-hydrogen) atoms. The number of carbonyl (C=O) groups excluding carboxylic acids is 1. The molecule has 108 valence electrons. The Bertz CT molecular complexity index is 385. The molecular formula is C14H22Cl2N2O. The third-order valence-corrected chi connectivity index (χ3v) is 2.96. The van der Waals surface area contributed by atoms with Gasteiger partial charge in [0, 0.05) is 23.7 Å². The number of carbonyl (C=O) groups is 1. The second-order valence-corrected chi connectivity index (χ2v) is 4.90. The van der Waals surface area contributed by atoms with Gasteiger partial charge in [-0.15, -0.1) is 12.4 Å². The zero-order valence-corrected chi connectivity index (χ0v) is 13.1. The number of rotatable bonds is 7. The Labute approximate surface area is 126 Å². The van der Waals surface area contributed by atoms with Gasteiger partial charge in [0.15, 0.2) is 0 Å². The first kappa shape index (κ1) is 18.2. The van der Waals surface area contributed by atoms with Crippen LogP contribution in [0.5, 0.6) is 0 Å². The van der Waals surface area contributed by atoms with E-state index in [2.05, 4.69) is 17.1 Å². The average Bonchev–Trinajstić information content (AvgIpc) is 2.34. The Hall–Kier alpha value is -0.770. The number of hydrogen-bond acceptors (Lipinski definition) is 2. The highest BCUT2D eigenvalue weighted by atomic mass is 35.5. The van der Waals surface area contributed by atoms with Crippen molar-refractivity contribution in [2.24, 2.45) is 0 Å². The predicted octanol–water partition coefficient (Wildman–Crippen LogP) is 3.82. The molecule has 0 aliphatic rings. The minimum absolute atomic E-state index is 0. The van der Waals surface area contributed by atoms with Crippen molar-refractivity contribution in [3.63, 3.8) is 0 Å². The summed E-state index contributed by atoms with van der Waals surface area (Å²) in [5.74, 6) is 0.0283. The molecule has 0 atom stereocenters. The lowest BCUT2D eigenvalue weighted by atomic mass is 10.3. The number of nitrogens with one attached hydrogen (secondary N) is 1. The first-order valence-corrected chi connectivity index (χ1v) is 6.73. The SMILES string of the molecule is CCCCN(C)CCC(=O)Nc1cccc(Cl)c1.Cl. The summed E-state index contributed by atoms with van der Waals surface area (Å²) in [5.41, 5.74) is 0.753. The minimum Gasteiger partial charge on any atom is -0.326 e. The molecule has 0 saturated carbocycles. The number of anilines is 1. The predicted molar refractivity (Wildman–Crippen MR) is 84.4 cm³/mol. The smallest absolute Gasteiger partial charge is 0.225 e. The maximum atomic E-state index is 11.7. The largest absolute Gasteiger partial charge is 0.326 e. The van der Waals surface area contributed by atoms with E-state index in [1.54, 1.807) is 12.1 Å². The monoisotopic (exact) mass is 304 g/mol. The molecule has 1 aromatic rings. The van der Waals surface area contributed by atoms with Crippen LogP contribution in [0, 0.1) is 0 Å². The molecule has 0 aromatic heterocycles. The summed E-state index contributed by atoms with van der Waals surface area (Å²) >= 11 is 5.85. The molecule has 3 nitrogen and oxygen atoms in total. The van der Waals surface area contributed by atoms with E-state index < -0.39 is 0 Å². The van der Waals surface area contributed by atoms with Crippen LogP contribution in [0.25, 0.3) is 0 Å². The summed E-state index contributed by atoms with van der Waals surface area (Å²) in [4.78, 5) is 13.9. The summed E-state index contributed by atoms with van der Waals surface area (Å²) in [6.07, 6.45) is 2.86. The van der Waals surface area contributed by atoms with Crippen molar-refractivity contribution < 1.29 is 4.79 Å². The van der Waals surface area contributed by atoms with Crippen molar-refractivity contribution in [3.8, 4) is 0 Å². The highest BCUT2D eigenvalue weighted by molar-refractivity contribution is 6.30. The number of amides is 1. The average molecular weight is 305 g/mol. The van der Waals surface area contributed by atoms with E-state index >= 15 is 0 Å². The molecule has 0 aliphatic heterocycles. The van der Waals surface area contributed by atoms with Crippen LogP contribution >= 0.6 is 24.0 Å². The number of nitrogens with zero attached hydrogens (tertiary/aromatic N) is 1. The Morgan fingerprint density at radius 2 is 2.11 bits per heavy atom. The third-order valence-electron chi connectivity index (χ3n) is 2.72. The van der Waals surface area contributed by atoms with Crippen molar-refractivity contribution in [3.05, 3.63) is 29.3 Å². The number of hydrogen-bond donors (Lipinski definition) is 1. The lowest BCUT2D eigenvalue weighted by Gasteiger charge is -2.15. The van der Waals surface area contributed by atoms with Gasteiger partial charge in [-0.25, -0.2) is 0 Å². The standard InChI is InChI=1S/C14H21ClN2O.ClH/c1-3-4-9-17(2)10-8-14(18)16-13-7-5-6-12(15)11-13;/h5-7,11H,3-4,8-10H2,1-2H3,(H,16,18);1H. The van der Waals surface area contributed by atoms with E-state index in [9.17, 15) is 4.79 Å². The van der Waals surface area contributed by atoms with Crippen molar-refractivity contribution in [1.82, 2.24) is 4.90 Å². The zero-order valence-electron chi connectivity index (χ0n) is 11.5. The molecule has 0 bridgehead atoms. The van der Waals surface area contributed by atoms with Gasteiger partial charge in [0.25, 0.3) is 0 Å². The molecule has 1 N–H and O–H groups in total. The van der Waals surface area contributed by atoms with Crippen LogP contribution < -0.4 is 5.32 Å². The van der Waals surface area contributed by atoms with E-state index in [1.807, 2.05) is 19.2 Å². The number of unbranched alkanes of at least 4 members (excludes halogenated alkanes) is 1. The topological polar surface area (TPSA) is 32.3 Å². The molecule has 0 fully saturated rings. The van der Waals surface area contributed by atoms with Crippen molar-refractivity contribution in [2.75, 3.05) is 25.5 Å². The summed E-state index contributed by atoms with van der Waals surface area (Å²) in [7, 11) is 2.04. The highest BCUT2D eigenvalue weighted by Gasteiger charge is 2.05. The van der Waals surface area contributed by atoms with Crippen LogP contribution in [0.1, 0.15) is 26.2 Å². The van der Waals surface area contributed by atoms with Gasteiger partial charge in [0.2, 0.25) is 5.91 Å². The van der Waals surface area contributed by atoms with E-state index in [1.165, 1.54) is 12.8 Å². The van der Waals surface area contributed by atoms with Crippen LogP contribution in [0.15, 0.2) is 24.3 Å². The van der Waals surface area contributed by atoms with E-state index in [0.717, 1.165) is 18.8 Å². The minimum atomic E-state index is 0. The summed E-state index contributed by atoms with van der Waals surface area (Å²) in [5, 5.41) is 3.48. The van der Waals surface area contributed by atoms with Gasteiger partial charge < -0.3 is 10.2 Å². The number of benzene rings is 1. The van der Waals surface area contributed by atoms with Gasteiger partial charge in [-0.05, 0) is 38.2 Å². The van der Waals surface area contributed by atoms with Crippen LogP contribution in [0.4, 0.5) is 5.69 Å². The van der Waals surface area contributed by atoms with E-state index in [4.69, 9.17) is 11.6 Å². The molecule has 0 spiro atoms. The molecule has 0 saturated heterocycles. The van der Waals surface area contributed by atoms with Gasteiger partial charge in [0.05, 0.1) is 0 Å². The normalized spacial score (nSPS) is 10.1. The molecular weight excluding hydrogens is 283 g/mol. The number of halogens is 2. The zero-order chi connectivity index (χ0) is 13.4. The lowest BCUT2D eigenvalue weighted by molar-refractivity contribution is -0.116. The quantitative estimate of drug-likeness (QED) is 0.830. The Balaban J connectivity index is 0.00000324. The van der Waals surface area contributed by atoms with E-state index in [0.29, 0.717) is 11.4 Å². The fourth-order valence-electron chi connectivity index (χ4n) is 1.62. The third kappa shape index (κ3) is 8.09. The fraction of sp³-hybridized carbons (Fsp3) is 0.500. The Morgan fingerprint density at radius 1 is 1.37 bits per heavy atom. The van der Waals surface area contributed by atoms with Gasteiger partial charge in [0.1, 0.15) is 0 Å². The lowest BCUT2D eigenvalue weighted by Crippen LogP contribution is -2.25. The van der Waals surface area contributed by atoms with Crippen molar-refractivity contribution in [2.45, 2.75) is 26.2 Å². The molecule has 1 rings (SSSR count). The van der Waals surface area contributed by atoms with Crippen LogP contribution in [0.2, 0.25) is 5.02 Å². The fourth-order valence-corrected chi connectivity index (χ4v) is 1.81. The second-order valence-electron chi connectivity index (χ2n) is 4.47. The molecule has 1 aromatic carbocycles. The van der Waals surface area contributed by atoms with E-state index in [-0.39, 0.29) is 18.3 Å². The molecule has 0 radical (unpaired) electrons. The molecule has 1 amide bonds. The van der Waals surface area contributed by atoms with Crippen LogP contribution in [-0.4, -0.2) is 30.9 Å².